The lowest BCUT2D eigenvalue weighted by Gasteiger charge is -2.16. The molecule has 2 N–H and O–H groups in total. The fourth-order valence-corrected chi connectivity index (χ4v) is 2.76. The molecule has 0 bridgehead atoms. The van der Waals surface area contributed by atoms with Crippen LogP contribution < -0.4 is 15.4 Å². The van der Waals surface area contributed by atoms with Gasteiger partial charge in [0.2, 0.25) is 5.88 Å². The number of nitrogens with one attached hydrogen (secondary N) is 2. The first-order valence-electron chi connectivity index (χ1n) is 9.02. The molecular weight excluding hydrogens is 416 g/mol. The number of hydrogen-bond acceptors (Lipinski definition) is 5. The third-order valence-electron chi connectivity index (χ3n) is 4.42. The second kappa shape index (κ2) is 8.58. The second-order valence-corrected chi connectivity index (χ2v) is 6.64. The molecule has 0 aliphatic rings. The quantitative estimate of drug-likeness (QED) is 0.536. The number of aromatic nitrogens is 2. The highest BCUT2D eigenvalue weighted by Gasteiger charge is 2.32. The third kappa shape index (κ3) is 5.08. The largest absolute Gasteiger partial charge is 0.481 e. The highest BCUT2D eigenvalue weighted by Crippen LogP contribution is 2.32. The molecule has 3 aromatic rings. The Morgan fingerprint density at radius 2 is 1.77 bits per heavy atom. The summed E-state index contributed by atoms with van der Waals surface area (Å²) in [7, 11) is 1.43. The van der Waals surface area contributed by atoms with E-state index in [0.29, 0.717) is 40.8 Å². The van der Waals surface area contributed by atoms with Gasteiger partial charge >= 0.3 is 6.18 Å². The SMILES string of the molecule is COc1ccc(NC(=O)c2cc(C(F)(F)F)cnc2Nc2ccc(F)cc2C)c(C)n1. The van der Waals surface area contributed by atoms with Gasteiger partial charge in [0.25, 0.3) is 5.91 Å². The number of amides is 1. The van der Waals surface area contributed by atoms with Crippen molar-refractivity contribution in [2.75, 3.05) is 17.7 Å². The molecule has 6 nitrogen and oxygen atoms in total. The Labute approximate surface area is 175 Å². The number of ether oxygens (including phenoxy) is 1. The minimum absolute atomic E-state index is 0.112. The van der Waals surface area contributed by atoms with E-state index in [9.17, 15) is 22.4 Å². The predicted octanol–water partition coefficient (Wildman–Crippen LogP) is 5.26. The van der Waals surface area contributed by atoms with Crippen LogP contribution in [0.1, 0.15) is 27.2 Å². The number of aryl methyl sites for hydroxylation is 2. The van der Waals surface area contributed by atoms with Crippen LogP contribution in [0.15, 0.2) is 42.6 Å². The zero-order valence-electron chi connectivity index (χ0n) is 16.8. The van der Waals surface area contributed by atoms with Crippen LogP contribution in [0, 0.1) is 19.7 Å². The standard InChI is InChI=1S/C21H18F4N4O2/c1-11-8-14(22)4-5-16(11)28-19-15(9-13(10-26-19)21(23,24)25)20(30)29-17-6-7-18(31-3)27-12(17)2/h4-10H,1-3H3,(H,26,28)(H,29,30). The third-order valence-corrected chi connectivity index (χ3v) is 4.42. The molecule has 0 unspecified atom stereocenters. The maximum atomic E-state index is 13.4. The summed E-state index contributed by atoms with van der Waals surface area (Å²) in [4.78, 5) is 20.8. The van der Waals surface area contributed by atoms with Gasteiger partial charge in [-0.15, -0.1) is 0 Å². The van der Waals surface area contributed by atoms with Crippen LogP contribution in [0.3, 0.4) is 0 Å². The van der Waals surface area contributed by atoms with Gasteiger partial charge in [0, 0.05) is 18.0 Å². The van der Waals surface area contributed by atoms with Crippen molar-refractivity contribution in [3.8, 4) is 5.88 Å². The lowest BCUT2D eigenvalue weighted by atomic mass is 10.1. The van der Waals surface area contributed by atoms with Crippen molar-refractivity contribution in [3.05, 3.63) is 70.8 Å². The molecule has 0 aliphatic heterocycles. The number of anilines is 3. The summed E-state index contributed by atoms with van der Waals surface area (Å²) in [5.74, 6) is -1.08. The number of carbonyl (C=O) groups is 1. The second-order valence-electron chi connectivity index (χ2n) is 6.64. The molecular formula is C21H18F4N4O2. The van der Waals surface area contributed by atoms with Crippen LogP contribution in [0.5, 0.6) is 5.88 Å². The van der Waals surface area contributed by atoms with E-state index in [1.807, 2.05) is 0 Å². The van der Waals surface area contributed by atoms with Crippen LogP contribution in [-0.4, -0.2) is 23.0 Å². The van der Waals surface area contributed by atoms with Gasteiger partial charge in [-0.3, -0.25) is 4.79 Å². The van der Waals surface area contributed by atoms with E-state index in [4.69, 9.17) is 4.74 Å². The first-order valence-corrected chi connectivity index (χ1v) is 9.02. The normalized spacial score (nSPS) is 11.2. The van der Waals surface area contributed by atoms with Gasteiger partial charge in [-0.2, -0.15) is 13.2 Å². The molecule has 1 aromatic carbocycles. The molecule has 2 aromatic heterocycles. The van der Waals surface area contributed by atoms with Gasteiger partial charge in [0.15, 0.2) is 0 Å². The van der Waals surface area contributed by atoms with Crippen molar-refractivity contribution < 1.29 is 27.1 Å². The van der Waals surface area contributed by atoms with Crippen molar-refractivity contribution in [2.45, 2.75) is 20.0 Å². The molecule has 3 rings (SSSR count). The van der Waals surface area contributed by atoms with Gasteiger partial charge in [-0.25, -0.2) is 14.4 Å². The molecule has 0 atom stereocenters. The van der Waals surface area contributed by atoms with Crippen molar-refractivity contribution in [3.63, 3.8) is 0 Å². The molecule has 0 radical (unpaired) electrons. The number of alkyl halides is 3. The van der Waals surface area contributed by atoms with Gasteiger partial charge < -0.3 is 15.4 Å². The Kier molecular flexibility index (Phi) is 6.09. The summed E-state index contributed by atoms with van der Waals surface area (Å²) in [6.45, 7) is 3.23. The van der Waals surface area contributed by atoms with Gasteiger partial charge in [-0.1, -0.05) is 0 Å². The van der Waals surface area contributed by atoms with Crippen LogP contribution >= 0.6 is 0 Å². The van der Waals surface area contributed by atoms with E-state index in [2.05, 4.69) is 20.6 Å². The average Bonchev–Trinajstić information content (AvgIpc) is 2.70. The van der Waals surface area contributed by atoms with E-state index in [1.54, 1.807) is 13.8 Å². The Morgan fingerprint density at radius 3 is 2.39 bits per heavy atom. The van der Waals surface area contributed by atoms with Crippen molar-refractivity contribution in [1.82, 2.24) is 9.97 Å². The summed E-state index contributed by atoms with van der Waals surface area (Å²) >= 11 is 0. The number of pyridine rings is 2. The minimum Gasteiger partial charge on any atom is -0.481 e. The molecule has 0 aliphatic carbocycles. The summed E-state index contributed by atoms with van der Waals surface area (Å²) in [5.41, 5.74) is 0.175. The number of hydrogen-bond donors (Lipinski definition) is 2. The highest BCUT2D eigenvalue weighted by molar-refractivity contribution is 6.08. The summed E-state index contributed by atoms with van der Waals surface area (Å²) in [6, 6.07) is 7.58. The molecule has 1 amide bonds. The number of nitrogens with zero attached hydrogens (tertiary/aromatic N) is 2. The molecule has 10 heteroatoms. The first-order chi connectivity index (χ1) is 14.6. The molecule has 0 saturated heterocycles. The van der Waals surface area contributed by atoms with Gasteiger partial charge in [-0.05, 0) is 49.7 Å². The lowest BCUT2D eigenvalue weighted by molar-refractivity contribution is -0.137. The van der Waals surface area contributed by atoms with Crippen molar-refractivity contribution in [1.29, 1.82) is 0 Å². The Balaban J connectivity index is 2.00. The lowest BCUT2D eigenvalue weighted by Crippen LogP contribution is -2.18. The molecule has 0 spiro atoms. The smallest absolute Gasteiger partial charge is 0.417 e. The summed E-state index contributed by atoms with van der Waals surface area (Å²) in [5, 5.41) is 5.35. The molecule has 0 saturated carbocycles. The van der Waals surface area contributed by atoms with Crippen LogP contribution in [0.2, 0.25) is 0 Å². The molecule has 0 fully saturated rings. The minimum atomic E-state index is -4.69. The number of methoxy groups -OCH3 is 1. The molecule has 162 valence electrons. The highest BCUT2D eigenvalue weighted by atomic mass is 19.4. The maximum Gasteiger partial charge on any atom is 0.417 e. The number of benzene rings is 1. The van der Waals surface area contributed by atoms with Crippen LogP contribution in [-0.2, 0) is 6.18 Å². The molecule has 31 heavy (non-hydrogen) atoms. The molecule has 2 heterocycles. The summed E-state index contributed by atoms with van der Waals surface area (Å²) < 4.78 is 58.0. The zero-order valence-corrected chi connectivity index (χ0v) is 16.8. The maximum absolute atomic E-state index is 13.4. The van der Waals surface area contributed by atoms with Crippen LogP contribution in [0.4, 0.5) is 34.8 Å². The van der Waals surface area contributed by atoms with Gasteiger partial charge in [0.1, 0.15) is 11.6 Å². The van der Waals surface area contributed by atoms with Crippen molar-refractivity contribution >= 4 is 23.1 Å². The number of carbonyl (C=O) groups excluding carboxylic acids is 1. The Bertz CT molecular complexity index is 1130. The van der Waals surface area contributed by atoms with E-state index < -0.39 is 23.5 Å². The van der Waals surface area contributed by atoms with E-state index >= 15 is 0 Å². The first kappa shape index (κ1) is 22.0. The topological polar surface area (TPSA) is 76.1 Å². The van der Waals surface area contributed by atoms with Crippen molar-refractivity contribution in [2.24, 2.45) is 0 Å². The van der Waals surface area contributed by atoms with Gasteiger partial charge in [0.05, 0.1) is 29.6 Å². The fraction of sp³-hybridized carbons (Fsp3) is 0.190. The van der Waals surface area contributed by atoms with Crippen LogP contribution in [0.25, 0.3) is 0 Å². The monoisotopic (exact) mass is 434 g/mol. The Morgan fingerprint density at radius 1 is 1.06 bits per heavy atom. The van der Waals surface area contributed by atoms with E-state index in [0.717, 1.165) is 0 Å². The summed E-state index contributed by atoms with van der Waals surface area (Å²) in [6.07, 6.45) is -4.07. The Hall–Kier alpha value is -3.69. The average molecular weight is 434 g/mol. The zero-order chi connectivity index (χ0) is 22.8. The number of rotatable bonds is 5. The number of halogens is 4. The fourth-order valence-electron chi connectivity index (χ4n) is 2.76. The van der Waals surface area contributed by atoms with E-state index in [1.165, 1.54) is 37.4 Å². The van der Waals surface area contributed by atoms with E-state index in [-0.39, 0.29) is 11.4 Å². The predicted molar refractivity (Wildman–Crippen MR) is 107 cm³/mol.